The molecule has 0 saturated carbocycles. The van der Waals surface area contributed by atoms with E-state index in [0.717, 1.165) is 11.5 Å². The van der Waals surface area contributed by atoms with Crippen LogP contribution in [-0.2, 0) is 0 Å². The number of thioether (sulfide) groups is 2. The fourth-order valence-corrected chi connectivity index (χ4v) is 4.74. The van der Waals surface area contributed by atoms with Gasteiger partial charge in [0.05, 0.1) is 0 Å². The lowest BCUT2D eigenvalue weighted by molar-refractivity contribution is 1.23. The Hall–Kier alpha value is -0.120. The molecule has 0 spiro atoms. The van der Waals surface area contributed by atoms with Crippen LogP contribution in [0.25, 0.3) is 10.1 Å². The van der Waals surface area contributed by atoms with Gasteiger partial charge in [-0.1, -0.05) is 13.8 Å². The lowest BCUT2D eigenvalue weighted by atomic mass is 10.2. The van der Waals surface area contributed by atoms with Crippen LogP contribution in [-0.4, -0.2) is 11.5 Å². The summed E-state index contributed by atoms with van der Waals surface area (Å²) in [4.78, 5) is 2.94. The van der Waals surface area contributed by atoms with Crippen LogP contribution in [0, 0.1) is 6.92 Å². The van der Waals surface area contributed by atoms with Crippen molar-refractivity contribution in [3.8, 4) is 0 Å². The maximum absolute atomic E-state index is 2.34. The van der Waals surface area contributed by atoms with Crippen molar-refractivity contribution < 1.29 is 0 Å². The Bertz CT molecular complexity index is 485. The number of thiophene rings is 1. The van der Waals surface area contributed by atoms with Crippen molar-refractivity contribution in [1.29, 1.82) is 0 Å². The molecule has 0 amide bonds. The lowest BCUT2D eigenvalue weighted by Crippen LogP contribution is -1.86. The van der Waals surface area contributed by atoms with Gasteiger partial charge in [0, 0.05) is 14.5 Å². The first-order valence-corrected chi connectivity index (χ1v) is 8.39. The van der Waals surface area contributed by atoms with Crippen LogP contribution in [0.15, 0.2) is 27.3 Å². The van der Waals surface area contributed by atoms with Crippen molar-refractivity contribution in [2.24, 2.45) is 0 Å². The van der Waals surface area contributed by atoms with Crippen molar-refractivity contribution in [3.63, 3.8) is 0 Å². The summed E-state index contributed by atoms with van der Waals surface area (Å²) in [6.07, 6.45) is 0. The van der Waals surface area contributed by atoms with Gasteiger partial charge in [0.15, 0.2) is 0 Å². The molecule has 1 heterocycles. The second-order valence-electron chi connectivity index (χ2n) is 3.53. The zero-order valence-electron chi connectivity index (χ0n) is 9.87. The monoisotopic (exact) mass is 268 g/mol. The molecule has 0 aliphatic carbocycles. The average molecular weight is 268 g/mol. The van der Waals surface area contributed by atoms with Gasteiger partial charge in [-0.3, -0.25) is 0 Å². The van der Waals surface area contributed by atoms with Crippen LogP contribution in [0.4, 0.5) is 0 Å². The zero-order chi connectivity index (χ0) is 11.5. The van der Waals surface area contributed by atoms with Crippen LogP contribution < -0.4 is 0 Å². The van der Waals surface area contributed by atoms with Gasteiger partial charge in [-0.25, -0.2) is 0 Å². The summed E-state index contributed by atoms with van der Waals surface area (Å²) in [6.45, 7) is 6.70. The van der Waals surface area contributed by atoms with E-state index in [1.54, 1.807) is 0 Å². The summed E-state index contributed by atoms with van der Waals surface area (Å²) in [7, 11) is 0. The lowest BCUT2D eigenvalue weighted by Gasteiger charge is -2.11. The predicted octanol–water partition coefficient (Wildman–Crippen LogP) is 5.43. The molecule has 0 N–H and O–H groups in total. The highest BCUT2D eigenvalue weighted by Crippen LogP contribution is 2.39. The first-order chi connectivity index (χ1) is 7.77. The smallest absolute Gasteiger partial charge is 0.0482 e. The highest BCUT2D eigenvalue weighted by Gasteiger charge is 2.11. The normalized spacial score (nSPS) is 11.2. The molecule has 0 atom stereocenters. The van der Waals surface area contributed by atoms with Crippen molar-refractivity contribution in [2.45, 2.75) is 30.6 Å². The molecule has 0 radical (unpaired) electrons. The number of benzene rings is 1. The van der Waals surface area contributed by atoms with Gasteiger partial charge >= 0.3 is 0 Å². The molecule has 3 heteroatoms. The molecule has 0 nitrogen and oxygen atoms in total. The molecule has 2 aromatic rings. The summed E-state index contributed by atoms with van der Waals surface area (Å²) in [5.74, 6) is 2.29. The maximum atomic E-state index is 2.34. The highest BCUT2D eigenvalue weighted by molar-refractivity contribution is 8.00. The van der Waals surface area contributed by atoms with E-state index >= 15 is 0 Å². The minimum absolute atomic E-state index is 1.15. The molecule has 0 aliphatic rings. The summed E-state index contributed by atoms with van der Waals surface area (Å²) < 4.78 is 1.46. The van der Waals surface area contributed by atoms with Crippen molar-refractivity contribution in [2.75, 3.05) is 11.5 Å². The van der Waals surface area contributed by atoms with E-state index in [4.69, 9.17) is 0 Å². The quantitative estimate of drug-likeness (QED) is 0.678. The van der Waals surface area contributed by atoms with Crippen LogP contribution in [0.1, 0.15) is 19.4 Å². The standard InChI is InChI=1S/C13H16S3/c1-4-14-11-8-10-6-7-16-13(10)12(9(11)3)15-5-2/h6-8H,4-5H2,1-3H3. The van der Waals surface area contributed by atoms with Gasteiger partial charge in [0.2, 0.25) is 0 Å². The Balaban J connectivity index is 2.61. The van der Waals surface area contributed by atoms with E-state index in [2.05, 4.69) is 38.3 Å². The topological polar surface area (TPSA) is 0 Å². The number of fused-ring (bicyclic) bond motifs is 1. The van der Waals surface area contributed by atoms with E-state index in [9.17, 15) is 0 Å². The van der Waals surface area contributed by atoms with E-state index in [-0.39, 0.29) is 0 Å². The van der Waals surface area contributed by atoms with Gasteiger partial charge in [-0.15, -0.1) is 34.9 Å². The fraction of sp³-hybridized carbons (Fsp3) is 0.385. The molecule has 1 aromatic carbocycles. The first kappa shape index (κ1) is 12.3. The minimum atomic E-state index is 1.15. The van der Waals surface area contributed by atoms with E-state index in [0.29, 0.717) is 0 Å². The Kier molecular flexibility index (Phi) is 4.22. The second-order valence-corrected chi connectivity index (χ2v) is 7.03. The molecule has 0 bridgehead atoms. The average Bonchev–Trinajstić information content (AvgIpc) is 2.72. The van der Waals surface area contributed by atoms with Crippen molar-refractivity contribution in [1.82, 2.24) is 0 Å². The van der Waals surface area contributed by atoms with Gasteiger partial charge in [-0.05, 0) is 46.9 Å². The van der Waals surface area contributed by atoms with E-state index in [1.165, 1.54) is 25.4 Å². The SMILES string of the molecule is CCSc1cc2ccsc2c(SCC)c1C. The first-order valence-electron chi connectivity index (χ1n) is 5.54. The molecule has 0 saturated heterocycles. The Morgan fingerprint density at radius 1 is 1.19 bits per heavy atom. The third-order valence-electron chi connectivity index (χ3n) is 2.49. The number of hydrogen-bond donors (Lipinski definition) is 0. The van der Waals surface area contributed by atoms with Gasteiger partial charge in [-0.2, -0.15) is 0 Å². The Labute approximate surface area is 110 Å². The molecule has 0 aliphatic heterocycles. The second kappa shape index (κ2) is 5.48. The van der Waals surface area contributed by atoms with E-state index < -0.39 is 0 Å². The third kappa shape index (κ3) is 2.27. The van der Waals surface area contributed by atoms with Crippen LogP contribution >= 0.6 is 34.9 Å². The summed E-state index contributed by atoms with van der Waals surface area (Å²) in [6, 6.07) is 4.58. The number of hydrogen-bond acceptors (Lipinski definition) is 3. The molecule has 0 fully saturated rings. The molecular weight excluding hydrogens is 252 g/mol. The molecule has 2 rings (SSSR count). The molecule has 16 heavy (non-hydrogen) atoms. The highest BCUT2D eigenvalue weighted by atomic mass is 32.2. The predicted molar refractivity (Wildman–Crippen MR) is 79.4 cm³/mol. The van der Waals surface area contributed by atoms with Crippen LogP contribution in [0.5, 0.6) is 0 Å². The zero-order valence-corrected chi connectivity index (χ0v) is 12.3. The summed E-state index contributed by atoms with van der Waals surface area (Å²) in [5.41, 5.74) is 1.47. The molecule has 0 unspecified atom stereocenters. The minimum Gasteiger partial charge on any atom is -0.143 e. The van der Waals surface area contributed by atoms with Gasteiger partial charge < -0.3 is 0 Å². The van der Waals surface area contributed by atoms with Crippen molar-refractivity contribution in [3.05, 3.63) is 23.1 Å². The number of rotatable bonds is 4. The van der Waals surface area contributed by atoms with Crippen LogP contribution in [0.3, 0.4) is 0 Å². The van der Waals surface area contributed by atoms with Crippen LogP contribution in [0.2, 0.25) is 0 Å². The molecular formula is C13H16S3. The summed E-state index contributed by atoms with van der Waals surface area (Å²) in [5, 5.41) is 3.60. The largest absolute Gasteiger partial charge is 0.143 e. The maximum Gasteiger partial charge on any atom is 0.0482 e. The summed E-state index contributed by atoms with van der Waals surface area (Å²) >= 11 is 5.79. The fourth-order valence-electron chi connectivity index (χ4n) is 1.77. The third-order valence-corrected chi connectivity index (χ3v) is 5.68. The van der Waals surface area contributed by atoms with E-state index in [1.807, 2.05) is 34.9 Å². The van der Waals surface area contributed by atoms with Gasteiger partial charge in [0.1, 0.15) is 0 Å². The molecule has 86 valence electrons. The van der Waals surface area contributed by atoms with Crippen molar-refractivity contribution >= 4 is 44.9 Å². The Morgan fingerprint density at radius 2 is 1.94 bits per heavy atom. The van der Waals surface area contributed by atoms with Gasteiger partial charge in [0.25, 0.3) is 0 Å². The molecule has 1 aromatic heterocycles. The Morgan fingerprint density at radius 3 is 2.62 bits per heavy atom.